The first kappa shape index (κ1) is 20.1. The van der Waals surface area contributed by atoms with Gasteiger partial charge in [0.25, 0.3) is 0 Å². The predicted molar refractivity (Wildman–Crippen MR) is 116 cm³/mol. The Morgan fingerprint density at radius 2 is 2.20 bits per heavy atom. The Morgan fingerprint density at radius 1 is 1.33 bits per heavy atom. The van der Waals surface area contributed by atoms with Crippen molar-refractivity contribution < 1.29 is 9.84 Å². The van der Waals surface area contributed by atoms with Gasteiger partial charge in [-0.2, -0.15) is 5.26 Å². The molecule has 6 nitrogen and oxygen atoms in total. The Hall–Kier alpha value is -3.14. The third-order valence-corrected chi connectivity index (χ3v) is 5.38. The Kier molecular flexibility index (Phi) is 5.84. The lowest BCUT2D eigenvalue weighted by atomic mass is 10.0. The van der Waals surface area contributed by atoms with Crippen LogP contribution in [0.3, 0.4) is 0 Å². The van der Waals surface area contributed by atoms with Gasteiger partial charge in [-0.3, -0.25) is 0 Å². The summed E-state index contributed by atoms with van der Waals surface area (Å²) in [4.78, 5) is 8.05. The van der Waals surface area contributed by atoms with Crippen LogP contribution >= 0.6 is 0 Å². The van der Waals surface area contributed by atoms with Gasteiger partial charge in [-0.15, -0.1) is 0 Å². The van der Waals surface area contributed by atoms with Crippen molar-refractivity contribution in [2.75, 3.05) is 13.2 Å². The van der Waals surface area contributed by atoms with Crippen LogP contribution in [0.2, 0.25) is 0 Å². The van der Waals surface area contributed by atoms with Crippen LogP contribution in [0.15, 0.2) is 42.6 Å². The number of hydrogen-bond acceptors (Lipinski definition) is 5. The summed E-state index contributed by atoms with van der Waals surface area (Å²) >= 11 is 0. The number of ether oxygens (including phenoxy) is 1. The third kappa shape index (κ3) is 3.95. The van der Waals surface area contributed by atoms with E-state index in [-0.39, 0.29) is 18.8 Å². The van der Waals surface area contributed by atoms with Crippen molar-refractivity contribution in [3.8, 4) is 34.5 Å². The molecular formula is C24H26N4O2. The van der Waals surface area contributed by atoms with Crippen LogP contribution in [0.1, 0.15) is 43.0 Å². The van der Waals surface area contributed by atoms with Crippen molar-refractivity contribution in [1.29, 1.82) is 5.26 Å². The van der Waals surface area contributed by atoms with Crippen molar-refractivity contribution in [3.05, 3.63) is 59.3 Å². The van der Waals surface area contributed by atoms with Gasteiger partial charge in [0.2, 0.25) is 0 Å². The molecule has 1 atom stereocenters. The van der Waals surface area contributed by atoms with Crippen molar-refractivity contribution in [1.82, 2.24) is 15.3 Å². The van der Waals surface area contributed by atoms with Crippen molar-refractivity contribution in [3.63, 3.8) is 0 Å². The molecule has 1 aromatic heterocycles. The van der Waals surface area contributed by atoms with E-state index in [9.17, 15) is 5.26 Å². The third-order valence-electron chi connectivity index (χ3n) is 5.38. The number of aliphatic hydroxyl groups excluding tert-OH is 1. The first-order chi connectivity index (χ1) is 14.6. The van der Waals surface area contributed by atoms with Gasteiger partial charge >= 0.3 is 0 Å². The predicted octanol–water partition coefficient (Wildman–Crippen LogP) is 3.97. The number of nitrogens with zero attached hydrogens (tertiary/aromatic N) is 2. The van der Waals surface area contributed by atoms with Gasteiger partial charge in [-0.1, -0.05) is 18.2 Å². The second kappa shape index (κ2) is 8.70. The molecule has 0 saturated carbocycles. The number of H-pyrrole nitrogens is 1. The van der Waals surface area contributed by atoms with Gasteiger partial charge in [-0.25, -0.2) is 4.98 Å². The minimum atomic E-state index is 0.0116. The smallest absolute Gasteiger partial charge is 0.138 e. The number of aromatic amines is 1. The Bertz CT molecular complexity index is 1080. The summed E-state index contributed by atoms with van der Waals surface area (Å²) in [6, 6.07) is 14.4. The second-order valence-electron chi connectivity index (χ2n) is 7.78. The standard InChI is InChI=1S/C24H26N4O2/c1-15(2)30-23-9-6-16(12-17(23)13-25)22-14-27-24(28-22)20-5-3-4-19-18(20)7-8-21(19)26-10-11-29/h3-6,9,12,14-15,21,26,29H,7-8,10-11H2,1-2H3,(H,27,28). The number of nitrogens with one attached hydrogen (secondary N) is 2. The lowest BCUT2D eigenvalue weighted by Gasteiger charge is -2.13. The number of benzene rings is 2. The molecule has 1 unspecified atom stereocenters. The molecule has 1 aliphatic carbocycles. The van der Waals surface area contributed by atoms with Gasteiger partial charge in [0.15, 0.2) is 0 Å². The summed E-state index contributed by atoms with van der Waals surface area (Å²) in [5.41, 5.74) is 5.95. The van der Waals surface area contributed by atoms with Gasteiger partial charge in [0, 0.05) is 23.7 Å². The summed E-state index contributed by atoms with van der Waals surface area (Å²) in [5, 5.41) is 22.0. The highest BCUT2D eigenvalue weighted by Gasteiger charge is 2.25. The zero-order valence-electron chi connectivity index (χ0n) is 17.3. The second-order valence-corrected chi connectivity index (χ2v) is 7.78. The van der Waals surface area contributed by atoms with Crippen LogP contribution in [0.5, 0.6) is 5.75 Å². The summed E-state index contributed by atoms with van der Waals surface area (Å²) in [7, 11) is 0. The molecule has 0 aliphatic heterocycles. The summed E-state index contributed by atoms with van der Waals surface area (Å²) in [5.74, 6) is 1.42. The highest BCUT2D eigenvalue weighted by molar-refractivity contribution is 5.70. The lowest BCUT2D eigenvalue weighted by Crippen LogP contribution is -2.22. The molecule has 1 aliphatic rings. The maximum Gasteiger partial charge on any atom is 0.138 e. The number of rotatable bonds is 7. The highest BCUT2D eigenvalue weighted by Crippen LogP contribution is 2.37. The van der Waals surface area contributed by atoms with E-state index in [1.807, 2.05) is 38.2 Å². The molecule has 0 bridgehead atoms. The topological polar surface area (TPSA) is 94.0 Å². The number of aromatic nitrogens is 2. The molecule has 0 fully saturated rings. The van der Waals surface area contributed by atoms with Gasteiger partial charge in [-0.05, 0) is 56.0 Å². The fourth-order valence-corrected chi connectivity index (χ4v) is 4.07. The molecule has 0 spiro atoms. The van der Waals surface area contributed by atoms with Crippen LogP contribution in [0.25, 0.3) is 22.6 Å². The summed E-state index contributed by atoms with van der Waals surface area (Å²) in [6.45, 7) is 4.62. The van der Waals surface area contributed by atoms with E-state index >= 15 is 0 Å². The molecule has 0 radical (unpaired) electrons. The summed E-state index contributed by atoms with van der Waals surface area (Å²) in [6.07, 6.45) is 3.82. The molecule has 3 aromatic rings. The SMILES string of the molecule is CC(C)Oc1ccc(-c2cnc(-c3cccc4c3CCC4NCCO)[nH]2)cc1C#N. The first-order valence-electron chi connectivity index (χ1n) is 10.3. The average Bonchev–Trinajstić information content (AvgIpc) is 3.39. The minimum absolute atomic E-state index is 0.0116. The van der Waals surface area contributed by atoms with E-state index in [0.29, 0.717) is 17.9 Å². The van der Waals surface area contributed by atoms with E-state index in [4.69, 9.17) is 9.84 Å². The number of hydrogen-bond donors (Lipinski definition) is 3. The molecule has 4 rings (SSSR count). The minimum Gasteiger partial charge on any atom is -0.490 e. The van der Waals surface area contributed by atoms with Gasteiger partial charge in [0.1, 0.15) is 17.6 Å². The molecule has 6 heteroatoms. The summed E-state index contributed by atoms with van der Waals surface area (Å²) < 4.78 is 5.72. The lowest BCUT2D eigenvalue weighted by molar-refractivity contribution is 0.242. The Morgan fingerprint density at radius 3 is 2.97 bits per heavy atom. The van der Waals surface area contributed by atoms with Gasteiger partial charge in [0.05, 0.1) is 30.2 Å². The zero-order valence-corrected chi connectivity index (χ0v) is 17.3. The number of nitriles is 1. The largest absolute Gasteiger partial charge is 0.490 e. The number of aliphatic hydroxyl groups is 1. The van der Waals surface area contributed by atoms with E-state index < -0.39 is 0 Å². The van der Waals surface area contributed by atoms with E-state index in [2.05, 4.69) is 39.6 Å². The van der Waals surface area contributed by atoms with Crippen LogP contribution in [0, 0.1) is 11.3 Å². The molecular weight excluding hydrogens is 376 g/mol. The molecule has 0 saturated heterocycles. The maximum absolute atomic E-state index is 9.50. The van der Waals surface area contributed by atoms with Crippen molar-refractivity contribution >= 4 is 0 Å². The van der Waals surface area contributed by atoms with Gasteiger partial charge < -0.3 is 20.1 Å². The fourth-order valence-electron chi connectivity index (χ4n) is 4.07. The maximum atomic E-state index is 9.50. The monoisotopic (exact) mass is 402 g/mol. The molecule has 154 valence electrons. The zero-order chi connectivity index (χ0) is 21.1. The highest BCUT2D eigenvalue weighted by atomic mass is 16.5. The molecule has 0 amide bonds. The van der Waals surface area contributed by atoms with Crippen molar-refractivity contribution in [2.45, 2.75) is 38.8 Å². The van der Waals surface area contributed by atoms with E-state index in [0.717, 1.165) is 35.5 Å². The first-order valence-corrected chi connectivity index (χ1v) is 10.3. The molecule has 2 aromatic carbocycles. The molecule has 1 heterocycles. The average molecular weight is 402 g/mol. The van der Waals surface area contributed by atoms with Crippen LogP contribution in [-0.2, 0) is 6.42 Å². The van der Waals surface area contributed by atoms with Crippen LogP contribution in [0.4, 0.5) is 0 Å². The molecule has 3 N–H and O–H groups in total. The quantitative estimate of drug-likeness (QED) is 0.556. The Labute approximate surface area is 176 Å². The normalized spacial score (nSPS) is 15.2. The van der Waals surface area contributed by atoms with E-state index in [1.165, 1.54) is 11.1 Å². The van der Waals surface area contributed by atoms with Crippen LogP contribution in [-0.4, -0.2) is 34.3 Å². The molecule has 30 heavy (non-hydrogen) atoms. The van der Waals surface area contributed by atoms with E-state index in [1.54, 1.807) is 0 Å². The van der Waals surface area contributed by atoms with Crippen LogP contribution < -0.4 is 10.1 Å². The Balaban J connectivity index is 1.63. The van der Waals surface area contributed by atoms with Crippen molar-refractivity contribution in [2.24, 2.45) is 0 Å². The number of imidazole rings is 1. The number of fused-ring (bicyclic) bond motifs is 1. The fraction of sp³-hybridized carbons (Fsp3) is 0.333.